The summed E-state index contributed by atoms with van der Waals surface area (Å²) >= 11 is 5.98. The van der Waals surface area contributed by atoms with Gasteiger partial charge in [-0.2, -0.15) is 0 Å². The van der Waals surface area contributed by atoms with Crippen LogP contribution in [0.25, 0.3) is 0 Å². The molecule has 0 atom stereocenters. The van der Waals surface area contributed by atoms with E-state index < -0.39 is 11.8 Å². The highest BCUT2D eigenvalue weighted by atomic mass is 35.5. The molecule has 2 amide bonds. The molecule has 6 heteroatoms. The predicted molar refractivity (Wildman–Crippen MR) is 86.4 cm³/mol. The smallest absolute Gasteiger partial charge is 0.314 e. The standard InChI is InChI=1S/C16H15ClN2O3/c1-10-7-8-11(9-12(10)17)18-15(20)16(21)19-13-5-3-4-6-14(13)22-2/h3-9H,1-2H3,(H,18,20)(H,19,21). The molecule has 0 heterocycles. The molecule has 0 aliphatic rings. The van der Waals surface area contributed by atoms with Gasteiger partial charge in [0.05, 0.1) is 12.8 Å². The van der Waals surface area contributed by atoms with Crippen LogP contribution in [0.15, 0.2) is 42.5 Å². The first kappa shape index (κ1) is 15.9. The number of nitrogens with one attached hydrogen (secondary N) is 2. The molecule has 0 radical (unpaired) electrons. The molecule has 114 valence electrons. The molecule has 2 N–H and O–H groups in total. The third-order valence-electron chi connectivity index (χ3n) is 2.99. The lowest BCUT2D eigenvalue weighted by Crippen LogP contribution is -2.29. The van der Waals surface area contributed by atoms with Gasteiger partial charge in [0.1, 0.15) is 5.75 Å². The number of para-hydroxylation sites is 2. The van der Waals surface area contributed by atoms with E-state index >= 15 is 0 Å². The summed E-state index contributed by atoms with van der Waals surface area (Å²) in [5, 5.41) is 5.51. The molecule has 2 rings (SSSR count). The summed E-state index contributed by atoms with van der Waals surface area (Å²) in [6.45, 7) is 1.85. The zero-order valence-electron chi connectivity index (χ0n) is 12.1. The monoisotopic (exact) mass is 318 g/mol. The maximum atomic E-state index is 11.9. The fourth-order valence-electron chi connectivity index (χ4n) is 1.79. The molecule has 0 spiro atoms. The Labute approximate surface area is 133 Å². The lowest BCUT2D eigenvalue weighted by molar-refractivity contribution is -0.133. The fourth-order valence-corrected chi connectivity index (χ4v) is 1.97. The summed E-state index contributed by atoms with van der Waals surface area (Å²) in [5.41, 5.74) is 1.76. The van der Waals surface area contributed by atoms with Crippen LogP contribution in [-0.2, 0) is 9.59 Å². The Kier molecular flexibility index (Phi) is 5.01. The summed E-state index contributed by atoms with van der Waals surface area (Å²) in [5.74, 6) is -1.10. The molecule has 0 saturated carbocycles. The Bertz CT molecular complexity index is 716. The van der Waals surface area contributed by atoms with Crippen molar-refractivity contribution < 1.29 is 14.3 Å². The molecule has 2 aromatic carbocycles. The van der Waals surface area contributed by atoms with Crippen molar-refractivity contribution in [1.82, 2.24) is 0 Å². The highest BCUT2D eigenvalue weighted by Gasteiger charge is 2.16. The largest absolute Gasteiger partial charge is 0.495 e. The van der Waals surface area contributed by atoms with E-state index in [-0.39, 0.29) is 0 Å². The van der Waals surface area contributed by atoms with E-state index in [0.717, 1.165) is 5.56 Å². The number of methoxy groups -OCH3 is 1. The van der Waals surface area contributed by atoms with Gasteiger partial charge < -0.3 is 15.4 Å². The van der Waals surface area contributed by atoms with E-state index in [9.17, 15) is 9.59 Å². The van der Waals surface area contributed by atoms with Crippen LogP contribution in [0.5, 0.6) is 5.75 Å². The molecule has 0 aromatic heterocycles. The number of carbonyl (C=O) groups excluding carboxylic acids is 2. The quantitative estimate of drug-likeness (QED) is 0.854. The van der Waals surface area contributed by atoms with E-state index in [4.69, 9.17) is 16.3 Å². The first-order valence-corrected chi connectivity index (χ1v) is 6.90. The zero-order valence-corrected chi connectivity index (χ0v) is 12.9. The fraction of sp³-hybridized carbons (Fsp3) is 0.125. The first-order valence-electron chi connectivity index (χ1n) is 6.52. The van der Waals surface area contributed by atoms with Gasteiger partial charge in [0.15, 0.2) is 0 Å². The van der Waals surface area contributed by atoms with Crippen LogP contribution in [0.1, 0.15) is 5.56 Å². The van der Waals surface area contributed by atoms with Crippen molar-refractivity contribution in [3.63, 3.8) is 0 Å². The summed E-state index contributed by atoms with van der Waals surface area (Å²) in [7, 11) is 1.49. The molecule has 0 fully saturated rings. The van der Waals surface area contributed by atoms with Crippen molar-refractivity contribution in [2.75, 3.05) is 17.7 Å². The van der Waals surface area contributed by atoms with Gasteiger partial charge in [-0.1, -0.05) is 29.8 Å². The average Bonchev–Trinajstić information content (AvgIpc) is 2.51. The van der Waals surface area contributed by atoms with E-state index in [1.165, 1.54) is 7.11 Å². The number of ether oxygens (including phenoxy) is 1. The maximum Gasteiger partial charge on any atom is 0.314 e. The van der Waals surface area contributed by atoms with Gasteiger partial charge in [-0.25, -0.2) is 0 Å². The van der Waals surface area contributed by atoms with Crippen LogP contribution in [0.4, 0.5) is 11.4 Å². The van der Waals surface area contributed by atoms with Crippen LogP contribution in [0.3, 0.4) is 0 Å². The van der Waals surface area contributed by atoms with Gasteiger partial charge in [0.2, 0.25) is 0 Å². The van der Waals surface area contributed by atoms with Crippen LogP contribution in [0.2, 0.25) is 5.02 Å². The lowest BCUT2D eigenvalue weighted by Gasteiger charge is -2.10. The number of benzene rings is 2. The minimum Gasteiger partial charge on any atom is -0.495 e. The predicted octanol–water partition coefficient (Wildman–Crippen LogP) is 3.23. The molecular weight excluding hydrogens is 304 g/mol. The summed E-state index contributed by atoms with van der Waals surface area (Å²) < 4.78 is 5.11. The number of amides is 2. The Morgan fingerprint density at radius 3 is 2.41 bits per heavy atom. The summed E-state index contributed by atoms with van der Waals surface area (Å²) in [6.07, 6.45) is 0. The van der Waals surface area contributed by atoms with E-state index in [0.29, 0.717) is 22.1 Å². The summed E-state index contributed by atoms with van der Waals surface area (Å²) in [6, 6.07) is 11.9. The third-order valence-corrected chi connectivity index (χ3v) is 3.40. The normalized spacial score (nSPS) is 9.95. The van der Waals surface area contributed by atoms with Crippen LogP contribution in [0, 0.1) is 6.92 Å². The number of anilines is 2. The van der Waals surface area contributed by atoms with Crippen molar-refractivity contribution in [1.29, 1.82) is 0 Å². The molecule has 2 aromatic rings. The highest BCUT2D eigenvalue weighted by Crippen LogP contribution is 2.23. The molecule has 22 heavy (non-hydrogen) atoms. The second kappa shape index (κ2) is 6.95. The van der Waals surface area contributed by atoms with Gasteiger partial charge in [-0.05, 0) is 36.8 Å². The van der Waals surface area contributed by atoms with Crippen molar-refractivity contribution in [2.24, 2.45) is 0 Å². The van der Waals surface area contributed by atoms with Crippen LogP contribution < -0.4 is 15.4 Å². The molecule has 0 saturated heterocycles. The Hall–Kier alpha value is -2.53. The molecule has 0 aliphatic heterocycles. The first-order chi connectivity index (χ1) is 10.5. The van der Waals surface area contributed by atoms with E-state index in [1.807, 2.05) is 6.92 Å². The summed E-state index contributed by atoms with van der Waals surface area (Å²) in [4.78, 5) is 23.8. The minimum absolute atomic E-state index is 0.423. The maximum absolute atomic E-state index is 11.9. The molecule has 0 aliphatic carbocycles. The minimum atomic E-state index is -0.791. The van der Waals surface area contributed by atoms with Crippen molar-refractivity contribution in [3.05, 3.63) is 53.1 Å². The number of carbonyl (C=O) groups is 2. The topological polar surface area (TPSA) is 67.4 Å². The van der Waals surface area contributed by atoms with Gasteiger partial charge in [-0.3, -0.25) is 9.59 Å². The second-order valence-corrected chi connectivity index (χ2v) is 4.98. The second-order valence-electron chi connectivity index (χ2n) is 4.57. The Morgan fingerprint density at radius 2 is 1.73 bits per heavy atom. The number of hydrogen-bond acceptors (Lipinski definition) is 3. The number of halogens is 1. The van der Waals surface area contributed by atoms with Gasteiger partial charge in [0, 0.05) is 10.7 Å². The number of hydrogen-bond donors (Lipinski definition) is 2. The number of aryl methyl sites for hydroxylation is 1. The van der Waals surface area contributed by atoms with E-state index in [1.54, 1.807) is 42.5 Å². The van der Waals surface area contributed by atoms with Crippen molar-refractivity contribution in [2.45, 2.75) is 6.92 Å². The van der Waals surface area contributed by atoms with Gasteiger partial charge in [0.25, 0.3) is 0 Å². The molecule has 5 nitrogen and oxygen atoms in total. The third kappa shape index (κ3) is 3.77. The number of rotatable bonds is 3. The Balaban J connectivity index is 2.06. The highest BCUT2D eigenvalue weighted by molar-refractivity contribution is 6.44. The molecule has 0 bridgehead atoms. The Morgan fingerprint density at radius 1 is 1.05 bits per heavy atom. The van der Waals surface area contributed by atoms with Crippen LogP contribution in [-0.4, -0.2) is 18.9 Å². The SMILES string of the molecule is COc1ccccc1NC(=O)C(=O)Nc1ccc(C)c(Cl)c1. The lowest BCUT2D eigenvalue weighted by atomic mass is 10.2. The van der Waals surface area contributed by atoms with Gasteiger partial charge >= 0.3 is 11.8 Å². The zero-order chi connectivity index (χ0) is 16.1. The molecule has 0 unspecified atom stereocenters. The van der Waals surface area contributed by atoms with Crippen molar-refractivity contribution >= 4 is 34.8 Å². The molecular formula is C16H15ClN2O3. The van der Waals surface area contributed by atoms with Crippen LogP contribution >= 0.6 is 11.6 Å². The van der Waals surface area contributed by atoms with Gasteiger partial charge in [-0.15, -0.1) is 0 Å². The van der Waals surface area contributed by atoms with E-state index in [2.05, 4.69) is 10.6 Å². The average molecular weight is 319 g/mol. The van der Waals surface area contributed by atoms with Crippen molar-refractivity contribution in [3.8, 4) is 5.75 Å².